The molecule has 1 amide bonds. The molecule has 3 aromatic rings. The van der Waals surface area contributed by atoms with Crippen molar-refractivity contribution in [3.05, 3.63) is 51.5 Å². The lowest BCUT2D eigenvalue weighted by Gasteiger charge is -2.05. The number of nitrogens with one attached hydrogen (secondary N) is 1. The number of benzene rings is 1. The van der Waals surface area contributed by atoms with E-state index in [0.717, 1.165) is 21.5 Å². The molecule has 0 atom stereocenters. The Hall–Kier alpha value is -2.38. The number of carbonyl (C=O) groups excluding carboxylic acids is 2. The SMILES string of the molecule is COC(=O)CNC(=O)c1cc2c(C)nn(Cc3ccccc3Cl)c2s1. The topological polar surface area (TPSA) is 73.2 Å². The van der Waals surface area contributed by atoms with E-state index in [4.69, 9.17) is 11.6 Å². The second kappa shape index (κ2) is 7.25. The summed E-state index contributed by atoms with van der Waals surface area (Å²) in [5, 5.41) is 8.68. The number of hydrogen-bond donors (Lipinski definition) is 1. The van der Waals surface area contributed by atoms with Crippen molar-refractivity contribution in [3.8, 4) is 0 Å². The number of aryl methyl sites for hydroxylation is 1. The molecule has 1 aromatic carbocycles. The summed E-state index contributed by atoms with van der Waals surface area (Å²) in [6.07, 6.45) is 0. The van der Waals surface area contributed by atoms with Gasteiger partial charge in [-0.05, 0) is 24.6 Å². The number of ether oxygens (including phenoxy) is 1. The van der Waals surface area contributed by atoms with Gasteiger partial charge in [-0.1, -0.05) is 29.8 Å². The fourth-order valence-electron chi connectivity index (χ4n) is 2.43. The van der Waals surface area contributed by atoms with E-state index in [9.17, 15) is 9.59 Å². The van der Waals surface area contributed by atoms with Gasteiger partial charge in [0.2, 0.25) is 0 Å². The van der Waals surface area contributed by atoms with Crippen LogP contribution in [0.2, 0.25) is 5.02 Å². The molecule has 25 heavy (non-hydrogen) atoms. The van der Waals surface area contributed by atoms with Crippen molar-refractivity contribution in [1.29, 1.82) is 0 Å². The van der Waals surface area contributed by atoms with Crippen LogP contribution in [0.1, 0.15) is 20.9 Å². The zero-order valence-electron chi connectivity index (χ0n) is 13.7. The lowest BCUT2D eigenvalue weighted by molar-refractivity contribution is -0.139. The van der Waals surface area contributed by atoms with E-state index in [0.29, 0.717) is 16.4 Å². The second-order valence-corrected chi connectivity index (χ2v) is 6.86. The van der Waals surface area contributed by atoms with Crippen molar-refractivity contribution in [3.63, 3.8) is 0 Å². The van der Waals surface area contributed by atoms with Crippen molar-refractivity contribution in [2.75, 3.05) is 13.7 Å². The molecule has 0 aliphatic carbocycles. The highest BCUT2D eigenvalue weighted by Gasteiger charge is 2.17. The summed E-state index contributed by atoms with van der Waals surface area (Å²) in [4.78, 5) is 24.8. The van der Waals surface area contributed by atoms with Crippen molar-refractivity contribution in [2.24, 2.45) is 0 Å². The van der Waals surface area contributed by atoms with E-state index in [2.05, 4.69) is 15.2 Å². The molecular formula is C17H16ClN3O3S. The maximum absolute atomic E-state index is 12.2. The Labute approximate surface area is 153 Å². The summed E-state index contributed by atoms with van der Waals surface area (Å²) < 4.78 is 6.36. The molecule has 0 aliphatic rings. The summed E-state index contributed by atoms with van der Waals surface area (Å²) in [7, 11) is 1.28. The van der Waals surface area contributed by atoms with E-state index in [1.165, 1.54) is 18.4 Å². The Morgan fingerprint density at radius 1 is 1.36 bits per heavy atom. The summed E-state index contributed by atoms with van der Waals surface area (Å²) >= 11 is 7.56. The minimum atomic E-state index is -0.490. The standard InChI is InChI=1S/C17H16ClN3O3S/c1-10-12-7-14(16(23)19-8-15(22)24-2)25-17(12)21(20-10)9-11-5-3-4-6-13(11)18/h3-7H,8-9H2,1-2H3,(H,19,23). The summed E-state index contributed by atoms with van der Waals surface area (Å²) in [5.74, 6) is -0.800. The van der Waals surface area contributed by atoms with E-state index in [-0.39, 0.29) is 12.5 Å². The van der Waals surface area contributed by atoms with Crippen LogP contribution in [0.4, 0.5) is 0 Å². The number of esters is 1. The molecule has 0 spiro atoms. The minimum absolute atomic E-state index is 0.158. The fourth-order valence-corrected chi connectivity index (χ4v) is 3.70. The number of nitrogens with zero attached hydrogens (tertiary/aromatic N) is 2. The predicted molar refractivity (Wildman–Crippen MR) is 97.3 cm³/mol. The highest BCUT2D eigenvalue weighted by Crippen LogP contribution is 2.29. The van der Waals surface area contributed by atoms with Crippen LogP contribution in [0.15, 0.2) is 30.3 Å². The molecule has 0 saturated heterocycles. The van der Waals surface area contributed by atoms with Gasteiger partial charge >= 0.3 is 5.97 Å². The number of carbonyl (C=O) groups is 2. The van der Waals surface area contributed by atoms with E-state index in [1.54, 1.807) is 6.07 Å². The number of thiophene rings is 1. The molecule has 3 rings (SSSR count). The first-order valence-electron chi connectivity index (χ1n) is 7.55. The molecule has 8 heteroatoms. The number of rotatable bonds is 5. The van der Waals surface area contributed by atoms with Gasteiger partial charge in [0.05, 0.1) is 24.2 Å². The van der Waals surface area contributed by atoms with E-state index < -0.39 is 5.97 Å². The monoisotopic (exact) mass is 377 g/mol. The second-order valence-electron chi connectivity index (χ2n) is 5.42. The van der Waals surface area contributed by atoms with E-state index in [1.807, 2.05) is 35.9 Å². The summed E-state index contributed by atoms with van der Waals surface area (Å²) in [5.41, 5.74) is 1.80. The third-order valence-corrected chi connectivity index (χ3v) is 5.25. The number of methoxy groups -OCH3 is 1. The maximum Gasteiger partial charge on any atom is 0.325 e. The molecule has 130 valence electrons. The van der Waals surface area contributed by atoms with Crippen molar-refractivity contribution in [1.82, 2.24) is 15.1 Å². The van der Waals surface area contributed by atoms with Crippen LogP contribution in [0.25, 0.3) is 10.2 Å². The normalized spacial score (nSPS) is 10.8. The Morgan fingerprint density at radius 3 is 2.84 bits per heavy atom. The van der Waals surface area contributed by atoms with Gasteiger partial charge in [0.25, 0.3) is 5.91 Å². The van der Waals surface area contributed by atoms with Crippen LogP contribution >= 0.6 is 22.9 Å². The molecule has 0 unspecified atom stereocenters. The molecule has 0 fully saturated rings. The Morgan fingerprint density at radius 2 is 2.12 bits per heavy atom. The Balaban J connectivity index is 1.87. The molecule has 0 bridgehead atoms. The molecule has 6 nitrogen and oxygen atoms in total. The van der Waals surface area contributed by atoms with Crippen LogP contribution in [-0.2, 0) is 16.1 Å². The summed E-state index contributed by atoms with van der Waals surface area (Å²) in [6, 6.07) is 9.38. The van der Waals surface area contributed by atoms with E-state index >= 15 is 0 Å². The zero-order chi connectivity index (χ0) is 18.0. The van der Waals surface area contributed by atoms with Gasteiger partial charge < -0.3 is 10.1 Å². The van der Waals surface area contributed by atoms with Crippen LogP contribution in [0.5, 0.6) is 0 Å². The van der Waals surface area contributed by atoms with Gasteiger partial charge in [-0.3, -0.25) is 14.3 Å². The molecule has 0 saturated carbocycles. The summed E-state index contributed by atoms with van der Waals surface area (Å²) in [6.45, 7) is 2.26. The molecule has 2 aromatic heterocycles. The molecular weight excluding hydrogens is 362 g/mol. The molecule has 0 aliphatic heterocycles. The smallest absolute Gasteiger partial charge is 0.325 e. The van der Waals surface area contributed by atoms with Gasteiger partial charge in [-0.25, -0.2) is 0 Å². The highest BCUT2D eigenvalue weighted by atomic mass is 35.5. The largest absolute Gasteiger partial charge is 0.468 e. The Kier molecular flexibility index (Phi) is 5.06. The van der Waals surface area contributed by atoms with Crippen molar-refractivity contribution < 1.29 is 14.3 Å². The van der Waals surface area contributed by atoms with Gasteiger partial charge in [-0.2, -0.15) is 5.10 Å². The third kappa shape index (κ3) is 3.67. The number of fused-ring (bicyclic) bond motifs is 1. The van der Waals surface area contributed by atoms with Gasteiger partial charge in [0, 0.05) is 10.4 Å². The fraction of sp³-hybridized carbons (Fsp3) is 0.235. The molecule has 1 N–H and O–H groups in total. The van der Waals surface area contributed by atoms with Gasteiger partial charge in [0.1, 0.15) is 11.4 Å². The average Bonchev–Trinajstić information content (AvgIpc) is 3.16. The first-order chi connectivity index (χ1) is 12.0. The van der Waals surface area contributed by atoms with Crippen molar-refractivity contribution in [2.45, 2.75) is 13.5 Å². The third-order valence-electron chi connectivity index (χ3n) is 3.73. The van der Waals surface area contributed by atoms with Crippen LogP contribution < -0.4 is 5.32 Å². The lowest BCUT2D eigenvalue weighted by Crippen LogP contribution is -2.29. The Bertz CT molecular complexity index is 948. The lowest BCUT2D eigenvalue weighted by atomic mass is 10.2. The zero-order valence-corrected chi connectivity index (χ0v) is 15.3. The van der Waals surface area contributed by atoms with Crippen LogP contribution in [-0.4, -0.2) is 35.3 Å². The van der Waals surface area contributed by atoms with Gasteiger partial charge in [-0.15, -0.1) is 11.3 Å². The maximum atomic E-state index is 12.2. The molecule has 0 radical (unpaired) electrons. The molecule has 2 heterocycles. The minimum Gasteiger partial charge on any atom is -0.468 e. The first kappa shape index (κ1) is 17.4. The van der Waals surface area contributed by atoms with Crippen LogP contribution in [0, 0.1) is 6.92 Å². The first-order valence-corrected chi connectivity index (χ1v) is 8.74. The number of halogens is 1. The average molecular weight is 378 g/mol. The van der Waals surface area contributed by atoms with Crippen molar-refractivity contribution >= 4 is 45.0 Å². The number of aromatic nitrogens is 2. The predicted octanol–water partition coefficient (Wildman–Crippen LogP) is 3.01. The van der Waals surface area contributed by atoms with Crippen LogP contribution in [0.3, 0.4) is 0 Å². The quantitative estimate of drug-likeness (QED) is 0.694. The highest BCUT2D eigenvalue weighted by molar-refractivity contribution is 7.20. The number of amides is 1. The van der Waals surface area contributed by atoms with Gasteiger partial charge in [0.15, 0.2) is 0 Å². The number of hydrogen-bond acceptors (Lipinski definition) is 5.